The number of aliphatic hydroxyl groups excluding tert-OH is 1. The molecule has 0 bridgehead atoms. The van der Waals surface area contributed by atoms with Crippen molar-refractivity contribution in [2.24, 2.45) is 0 Å². The first-order valence-corrected chi connectivity index (χ1v) is 6.03. The maximum Gasteiger partial charge on any atom is 0.252 e. The van der Waals surface area contributed by atoms with Gasteiger partial charge in [-0.25, -0.2) is 8.78 Å². The second-order valence-corrected chi connectivity index (χ2v) is 4.28. The van der Waals surface area contributed by atoms with Crippen molar-refractivity contribution in [2.45, 2.75) is 6.04 Å². The second-order valence-electron chi connectivity index (χ2n) is 4.28. The largest absolute Gasteiger partial charge is 0.394 e. The van der Waals surface area contributed by atoms with Crippen LogP contribution in [0.4, 0.5) is 8.78 Å². The van der Waals surface area contributed by atoms with Gasteiger partial charge >= 0.3 is 0 Å². The van der Waals surface area contributed by atoms with Crippen molar-refractivity contribution in [2.75, 3.05) is 6.61 Å². The molecule has 20 heavy (non-hydrogen) atoms. The van der Waals surface area contributed by atoms with Gasteiger partial charge in [-0.05, 0) is 17.7 Å². The van der Waals surface area contributed by atoms with Gasteiger partial charge in [0.1, 0.15) is 11.6 Å². The minimum Gasteiger partial charge on any atom is -0.394 e. The third-order valence-electron chi connectivity index (χ3n) is 2.81. The van der Waals surface area contributed by atoms with Gasteiger partial charge in [-0.1, -0.05) is 30.3 Å². The van der Waals surface area contributed by atoms with E-state index in [9.17, 15) is 18.7 Å². The molecule has 0 heterocycles. The molecule has 0 unspecified atom stereocenters. The summed E-state index contributed by atoms with van der Waals surface area (Å²) in [5, 5.41) is 11.9. The molecule has 0 radical (unpaired) electrons. The molecular weight excluding hydrogens is 264 g/mol. The first kappa shape index (κ1) is 14.1. The van der Waals surface area contributed by atoms with E-state index in [-0.39, 0.29) is 12.2 Å². The molecule has 0 aliphatic rings. The summed E-state index contributed by atoms with van der Waals surface area (Å²) in [5.41, 5.74) is 0.581. The van der Waals surface area contributed by atoms with Crippen LogP contribution in [0.25, 0.3) is 0 Å². The van der Waals surface area contributed by atoms with Gasteiger partial charge in [-0.15, -0.1) is 0 Å². The Kier molecular flexibility index (Phi) is 4.42. The summed E-state index contributed by atoms with van der Waals surface area (Å²) in [6.07, 6.45) is 0. The third kappa shape index (κ3) is 3.39. The number of carbonyl (C=O) groups excluding carboxylic acids is 1. The van der Waals surface area contributed by atoms with Crippen LogP contribution in [0, 0.1) is 11.6 Å². The zero-order valence-electron chi connectivity index (χ0n) is 10.5. The van der Waals surface area contributed by atoms with Crippen LogP contribution in [0.5, 0.6) is 0 Å². The van der Waals surface area contributed by atoms with Crippen LogP contribution in [0.2, 0.25) is 0 Å². The monoisotopic (exact) mass is 277 g/mol. The predicted molar refractivity (Wildman–Crippen MR) is 70.1 cm³/mol. The minimum absolute atomic E-state index is 0.128. The van der Waals surface area contributed by atoms with E-state index in [2.05, 4.69) is 5.32 Å². The molecule has 2 rings (SSSR count). The Labute approximate surface area is 114 Å². The maximum atomic E-state index is 13.1. The van der Waals surface area contributed by atoms with Gasteiger partial charge in [0, 0.05) is 11.6 Å². The van der Waals surface area contributed by atoms with E-state index >= 15 is 0 Å². The zero-order chi connectivity index (χ0) is 14.5. The Bertz CT molecular complexity index is 582. The van der Waals surface area contributed by atoms with Crippen molar-refractivity contribution in [1.29, 1.82) is 0 Å². The highest BCUT2D eigenvalue weighted by molar-refractivity contribution is 5.94. The average molecular weight is 277 g/mol. The first-order valence-electron chi connectivity index (χ1n) is 6.03. The summed E-state index contributed by atoms with van der Waals surface area (Å²) in [7, 11) is 0. The number of hydrogen-bond donors (Lipinski definition) is 2. The van der Waals surface area contributed by atoms with Crippen LogP contribution in [-0.2, 0) is 0 Å². The number of halogens is 2. The van der Waals surface area contributed by atoms with Gasteiger partial charge in [0.15, 0.2) is 0 Å². The van der Waals surface area contributed by atoms with Gasteiger partial charge < -0.3 is 10.4 Å². The summed E-state index contributed by atoms with van der Waals surface area (Å²) in [6.45, 7) is -0.312. The Hall–Kier alpha value is -2.27. The molecule has 3 nitrogen and oxygen atoms in total. The molecule has 0 fully saturated rings. The van der Waals surface area contributed by atoms with Crippen molar-refractivity contribution >= 4 is 5.91 Å². The van der Waals surface area contributed by atoms with E-state index in [4.69, 9.17) is 0 Å². The van der Waals surface area contributed by atoms with Crippen molar-refractivity contribution in [3.63, 3.8) is 0 Å². The zero-order valence-corrected chi connectivity index (χ0v) is 10.5. The molecule has 0 aliphatic heterocycles. The molecule has 0 saturated heterocycles. The quantitative estimate of drug-likeness (QED) is 0.901. The number of carbonyl (C=O) groups is 1. The first-order chi connectivity index (χ1) is 9.60. The van der Waals surface area contributed by atoms with E-state index < -0.39 is 23.6 Å². The fraction of sp³-hybridized carbons (Fsp3) is 0.133. The Morgan fingerprint density at radius 1 is 1.10 bits per heavy atom. The van der Waals surface area contributed by atoms with Gasteiger partial charge in [0.05, 0.1) is 12.6 Å². The van der Waals surface area contributed by atoms with Gasteiger partial charge in [-0.2, -0.15) is 0 Å². The molecule has 104 valence electrons. The standard InChI is InChI=1S/C15H13F2NO2/c16-12-6-11(7-13(17)8-12)15(20)18-14(9-19)10-4-2-1-3-5-10/h1-8,14,19H,9H2,(H,18,20)/t14-/m1/s1. The molecular formula is C15H13F2NO2. The van der Waals surface area contributed by atoms with E-state index in [1.165, 1.54) is 0 Å². The van der Waals surface area contributed by atoms with Crippen LogP contribution in [-0.4, -0.2) is 17.6 Å². The molecule has 0 aliphatic carbocycles. The second kappa shape index (κ2) is 6.25. The number of aliphatic hydroxyl groups is 1. The van der Waals surface area contributed by atoms with Crippen molar-refractivity contribution < 1.29 is 18.7 Å². The number of nitrogens with one attached hydrogen (secondary N) is 1. The number of amides is 1. The smallest absolute Gasteiger partial charge is 0.252 e. The van der Waals surface area contributed by atoms with E-state index in [1.54, 1.807) is 24.3 Å². The number of benzene rings is 2. The molecule has 1 atom stereocenters. The third-order valence-corrected chi connectivity index (χ3v) is 2.81. The molecule has 1 amide bonds. The van der Waals surface area contributed by atoms with Crippen LogP contribution in [0.15, 0.2) is 48.5 Å². The highest BCUT2D eigenvalue weighted by Crippen LogP contribution is 2.14. The fourth-order valence-electron chi connectivity index (χ4n) is 1.85. The van der Waals surface area contributed by atoms with Crippen LogP contribution in [0.1, 0.15) is 22.0 Å². The topological polar surface area (TPSA) is 49.3 Å². The van der Waals surface area contributed by atoms with Crippen LogP contribution < -0.4 is 5.32 Å². The molecule has 2 aromatic carbocycles. The SMILES string of the molecule is O=C(N[C@H](CO)c1ccccc1)c1cc(F)cc(F)c1. The van der Waals surface area contributed by atoms with Gasteiger partial charge in [-0.3, -0.25) is 4.79 Å². The van der Waals surface area contributed by atoms with E-state index in [0.29, 0.717) is 11.6 Å². The Balaban J connectivity index is 2.17. The van der Waals surface area contributed by atoms with Gasteiger partial charge in [0.25, 0.3) is 5.91 Å². The molecule has 2 N–H and O–H groups in total. The lowest BCUT2D eigenvalue weighted by Gasteiger charge is -2.16. The van der Waals surface area contributed by atoms with Gasteiger partial charge in [0.2, 0.25) is 0 Å². The number of hydrogen-bond acceptors (Lipinski definition) is 2. The van der Waals surface area contributed by atoms with Crippen LogP contribution >= 0.6 is 0 Å². The lowest BCUT2D eigenvalue weighted by atomic mass is 10.1. The lowest BCUT2D eigenvalue weighted by molar-refractivity contribution is 0.0915. The van der Waals surface area contributed by atoms with E-state index in [1.807, 2.05) is 6.07 Å². The Morgan fingerprint density at radius 2 is 1.70 bits per heavy atom. The maximum absolute atomic E-state index is 13.1. The summed E-state index contributed by atoms with van der Waals surface area (Å²) < 4.78 is 26.1. The fourth-order valence-corrected chi connectivity index (χ4v) is 1.85. The lowest BCUT2D eigenvalue weighted by Crippen LogP contribution is -2.30. The molecule has 0 saturated carbocycles. The van der Waals surface area contributed by atoms with Crippen molar-refractivity contribution in [1.82, 2.24) is 5.32 Å². The average Bonchev–Trinajstić information content (AvgIpc) is 2.44. The molecule has 0 aromatic heterocycles. The normalized spacial score (nSPS) is 11.9. The summed E-state index contributed by atoms with van der Waals surface area (Å²) in [4.78, 5) is 11.9. The highest BCUT2D eigenvalue weighted by atomic mass is 19.1. The molecule has 5 heteroatoms. The number of rotatable bonds is 4. The minimum atomic E-state index is -0.824. The predicted octanol–water partition coefficient (Wildman–Crippen LogP) is 2.43. The summed E-state index contributed by atoms with van der Waals surface area (Å²) >= 11 is 0. The molecule has 0 spiro atoms. The highest BCUT2D eigenvalue weighted by Gasteiger charge is 2.15. The van der Waals surface area contributed by atoms with E-state index in [0.717, 1.165) is 12.1 Å². The summed E-state index contributed by atoms with van der Waals surface area (Å²) in [5.74, 6) is -2.29. The Morgan fingerprint density at radius 3 is 2.25 bits per heavy atom. The van der Waals surface area contributed by atoms with Crippen molar-refractivity contribution in [3.8, 4) is 0 Å². The van der Waals surface area contributed by atoms with Crippen LogP contribution in [0.3, 0.4) is 0 Å². The molecule has 2 aromatic rings. The summed E-state index contributed by atoms with van der Waals surface area (Å²) in [6, 6.07) is 10.8. The van der Waals surface area contributed by atoms with Crippen molar-refractivity contribution in [3.05, 3.63) is 71.3 Å².